The highest BCUT2D eigenvalue weighted by Crippen LogP contribution is 2.22. The first-order valence-corrected chi connectivity index (χ1v) is 7.03. The normalized spacial score (nSPS) is 11.4. The molecule has 0 aromatic carbocycles. The summed E-state index contributed by atoms with van der Waals surface area (Å²) in [6, 6.07) is 2.82. The second-order valence-electron chi connectivity index (χ2n) is 3.47. The number of pyridine rings is 1. The van der Waals surface area contributed by atoms with Crippen LogP contribution in [0.3, 0.4) is 0 Å². The van der Waals surface area contributed by atoms with Gasteiger partial charge in [-0.15, -0.1) is 0 Å². The molecule has 0 amide bonds. The van der Waals surface area contributed by atoms with Crippen molar-refractivity contribution >= 4 is 37.6 Å². The fraction of sp³-hybridized carbons (Fsp3) is 0.111. The number of sulfonamides is 1. The number of rotatable bonds is 3. The van der Waals surface area contributed by atoms with Crippen LogP contribution >= 0.6 is 15.9 Å². The van der Waals surface area contributed by atoms with Gasteiger partial charge >= 0.3 is 0 Å². The molecule has 0 bridgehead atoms. The first-order chi connectivity index (χ1) is 8.38. The quantitative estimate of drug-likeness (QED) is 0.881. The van der Waals surface area contributed by atoms with Crippen LogP contribution in [-0.2, 0) is 10.0 Å². The fourth-order valence-corrected chi connectivity index (χ4v) is 2.83. The monoisotopic (exact) mass is 332 g/mol. The molecule has 0 saturated heterocycles. The molecule has 0 atom stereocenters. The number of nitrogens with two attached hydrogens (primary N) is 1. The lowest BCUT2D eigenvalue weighted by Crippen LogP contribution is -2.15. The van der Waals surface area contributed by atoms with Crippen molar-refractivity contribution in [2.45, 2.75) is 11.8 Å². The Labute approximate surface area is 112 Å². The average molecular weight is 333 g/mol. The first-order valence-electron chi connectivity index (χ1n) is 4.75. The van der Waals surface area contributed by atoms with Gasteiger partial charge in [0.05, 0.1) is 0 Å². The molecule has 96 valence electrons. The van der Waals surface area contributed by atoms with Gasteiger partial charge in [0, 0.05) is 16.7 Å². The Hall–Kier alpha value is -1.61. The highest BCUT2D eigenvalue weighted by atomic mass is 79.9. The second-order valence-corrected chi connectivity index (χ2v) is 6.03. The van der Waals surface area contributed by atoms with Crippen LogP contribution in [0, 0.1) is 6.92 Å². The molecule has 2 heterocycles. The summed E-state index contributed by atoms with van der Waals surface area (Å²) in [6.45, 7) is 1.65. The fourth-order valence-electron chi connectivity index (χ4n) is 1.25. The summed E-state index contributed by atoms with van der Waals surface area (Å²) >= 11 is 3.13. The van der Waals surface area contributed by atoms with Crippen LogP contribution in [0.4, 0.5) is 11.6 Å². The zero-order chi connectivity index (χ0) is 13.3. The van der Waals surface area contributed by atoms with Crippen LogP contribution in [0.25, 0.3) is 0 Å². The molecule has 0 aliphatic heterocycles. The van der Waals surface area contributed by atoms with E-state index in [2.05, 4.69) is 30.8 Å². The van der Waals surface area contributed by atoms with E-state index in [1.807, 2.05) is 0 Å². The third-order valence-electron chi connectivity index (χ3n) is 2.00. The van der Waals surface area contributed by atoms with Crippen molar-refractivity contribution in [3.63, 3.8) is 0 Å². The number of nitrogens with one attached hydrogen (secondary N) is 1. The van der Waals surface area contributed by atoms with Crippen molar-refractivity contribution in [1.82, 2.24) is 10.1 Å². The highest BCUT2D eigenvalue weighted by molar-refractivity contribution is 9.10. The lowest BCUT2D eigenvalue weighted by Gasteiger charge is -2.07. The molecule has 0 unspecified atom stereocenters. The molecule has 0 aliphatic carbocycles. The molecule has 0 saturated carbocycles. The summed E-state index contributed by atoms with van der Waals surface area (Å²) in [5, 5.41) is 3.54. The molecule has 18 heavy (non-hydrogen) atoms. The predicted molar refractivity (Wildman–Crippen MR) is 68.4 cm³/mol. The average Bonchev–Trinajstić information content (AvgIpc) is 2.66. The van der Waals surface area contributed by atoms with Crippen molar-refractivity contribution in [3.05, 3.63) is 28.6 Å². The number of nitrogens with zero attached hydrogens (tertiary/aromatic N) is 2. The Morgan fingerprint density at radius 3 is 2.78 bits per heavy atom. The van der Waals surface area contributed by atoms with Crippen molar-refractivity contribution in [1.29, 1.82) is 0 Å². The topological polar surface area (TPSA) is 111 Å². The van der Waals surface area contributed by atoms with Gasteiger partial charge in [0.1, 0.15) is 16.5 Å². The van der Waals surface area contributed by atoms with Gasteiger partial charge in [0.25, 0.3) is 10.0 Å². The van der Waals surface area contributed by atoms with Gasteiger partial charge in [-0.3, -0.25) is 4.72 Å². The minimum atomic E-state index is -3.84. The van der Waals surface area contributed by atoms with E-state index in [4.69, 9.17) is 10.3 Å². The summed E-state index contributed by atoms with van der Waals surface area (Å²) in [4.78, 5) is 3.63. The van der Waals surface area contributed by atoms with Crippen LogP contribution < -0.4 is 10.5 Å². The summed E-state index contributed by atoms with van der Waals surface area (Å²) in [6.07, 6.45) is 1.41. The minimum Gasteiger partial charge on any atom is -0.383 e. The maximum atomic E-state index is 12.1. The van der Waals surface area contributed by atoms with Crippen molar-refractivity contribution in [3.8, 4) is 0 Å². The van der Waals surface area contributed by atoms with Crippen LogP contribution in [0.5, 0.6) is 0 Å². The molecule has 2 aromatic rings. The lowest BCUT2D eigenvalue weighted by molar-refractivity contribution is 0.400. The molecule has 0 fully saturated rings. The van der Waals surface area contributed by atoms with Crippen LogP contribution in [0.1, 0.15) is 5.76 Å². The third-order valence-corrected chi connectivity index (χ3v) is 3.82. The van der Waals surface area contributed by atoms with Gasteiger partial charge in [-0.05, 0) is 28.9 Å². The van der Waals surface area contributed by atoms with Gasteiger partial charge in [-0.25, -0.2) is 13.4 Å². The van der Waals surface area contributed by atoms with E-state index in [0.717, 1.165) is 0 Å². The Kier molecular flexibility index (Phi) is 3.26. The molecule has 9 heteroatoms. The van der Waals surface area contributed by atoms with Gasteiger partial charge in [0.15, 0.2) is 5.82 Å². The van der Waals surface area contributed by atoms with Crippen molar-refractivity contribution in [2.75, 3.05) is 10.5 Å². The van der Waals surface area contributed by atoms with Gasteiger partial charge < -0.3 is 10.3 Å². The molecule has 2 aromatic heterocycles. The van der Waals surface area contributed by atoms with Gasteiger partial charge in [0.2, 0.25) is 0 Å². The number of aromatic nitrogens is 2. The Morgan fingerprint density at radius 2 is 2.17 bits per heavy atom. The molecule has 2 rings (SSSR count). The van der Waals surface area contributed by atoms with E-state index in [-0.39, 0.29) is 16.5 Å². The van der Waals surface area contributed by atoms with Gasteiger partial charge in [-0.1, -0.05) is 5.16 Å². The number of anilines is 2. The number of nitrogen functional groups attached to an aromatic ring is 1. The number of aryl methyl sites for hydroxylation is 1. The van der Waals surface area contributed by atoms with E-state index >= 15 is 0 Å². The first kappa shape index (κ1) is 12.8. The van der Waals surface area contributed by atoms with E-state index < -0.39 is 10.0 Å². The van der Waals surface area contributed by atoms with E-state index in [9.17, 15) is 8.42 Å². The molecule has 3 N–H and O–H groups in total. The highest BCUT2D eigenvalue weighted by Gasteiger charge is 2.20. The molecule has 7 nitrogen and oxygen atoms in total. The summed E-state index contributed by atoms with van der Waals surface area (Å²) in [5.74, 6) is 0.492. The largest absolute Gasteiger partial charge is 0.383 e. The van der Waals surface area contributed by atoms with Crippen LogP contribution in [0.15, 0.2) is 32.2 Å². The van der Waals surface area contributed by atoms with Crippen molar-refractivity contribution in [2.24, 2.45) is 0 Å². The molecule has 0 radical (unpaired) electrons. The van der Waals surface area contributed by atoms with Crippen LogP contribution in [0.2, 0.25) is 0 Å². The molecule has 0 spiro atoms. The molecular weight excluding hydrogens is 324 g/mol. The van der Waals surface area contributed by atoms with E-state index in [0.29, 0.717) is 10.2 Å². The zero-order valence-corrected chi connectivity index (χ0v) is 11.6. The smallest absolute Gasteiger partial charge is 0.266 e. The van der Waals surface area contributed by atoms with E-state index in [1.54, 1.807) is 6.92 Å². The summed E-state index contributed by atoms with van der Waals surface area (Å²) in [5.41, 5.74) is 5.54. The Bertz CT molecular complexity index is 683. The van der Waals surface area contributed by atoms with Crippen LogP contribution in [-0.4, -0.2) is 18.6 Å². The minimum absolute atomic E-state index is 0.0897. The van der Waals surface area contributed by atoms with E-state index in [1.165, 1.54) is 18.3 Å². The molecule has 0 aliphatic rings. The standard InChI is InChI=1S/C9H9BrN4O3S/c1-5-2-8(13-17-5)14-18(15,16)7-3-6(10)4-12-9(7)11/h2-4H,1H3,(H2,11,12)(H,13,14). The van der Waals surface area contributed by atoms with Gasteiger partial charge in [-0.2, -0.15) is 0 Å². The SMILES string of the molecule is Cc1cc(NS(=O)(=O)c2cc(Br)cnc2N)no1. The number of hydrogen-bond donors (Lipinski definition) is 2. The number of hydrogen-bond acceptors (Lipinski definition) is 6. The maximum Gasteiger partial charge on any atom is 0.266 e. The second kappa shape index (κ2) is 4.58. The molecular formula is C9H9BrN4O3S. The summed E-state index contributed by atoms with van der Waals surface area (Å²) < 4.78 is 31.6. The Morgan fingerprint density at radius 1 is 1.44 bits per heavy atom. The maximum absolute atomic E-state index is 12.1. The zero-order valence-electron chi connectivity index (χ0n) is 9.21. The number of halogens is 1. The van der Waals surface area contributed by atoms with Crippen molar-refractivity contribution < 1.29 is 12.9 Å². The predicted octanol–water partition coefficient (Wildman–Crippen LogP) is 1.52. The third kappa shape index (κ3) is 2.62. The Balaban J connectivity index is 2.39. The summed E-state index contributed by atoms with van der Waals surface area (Å²) in [7, 11) is -3.84. The lowest BCUT2D eigenvalue weighted by atomic mass is 10.5.